The molecule has 1 amide bonds. The minimum absolute atomic E-state index is 0.00498. The smallest absolute Gasteiger partial charge is 0.273 e. The van der Waals surface area contributed by atoms with Crippen LogP contribution in [0, 0.1) is 12.7 Å². The molecule has 0 bridgehead atoms. The maximum Gasteiger partial charge on any atom is 0.273 e. The number of nitrogens with one attached hydrogen (secondary N) is 2. The minimum atomic E-state index is -0.506. The molecule has 3 aromatic rings. The maximum atomic E-state index is 13.5. The second-order valence-electron chi connectivity index (χ2n) is 4.57. The van der Waals surface area contributed by atoms with E-state index in [1.165, 1.54) is 22.7 Å². The first-order valence-electron chi connectivity index (χ1n) is 6.54. The fourth-order valence-electron chi connectivity index (χ4n) is 1.79. The zero-order chi connectivity index (χ0) is 16.4. The highest BCUT2D eigenvalue weighted by Crippen LogP contribution is 2.16. The molecular formula is C13H11FN6O2S. The Morgan fingerprint density at radius 2 is 2.17 bits per heavy atom. The van der Waals surface area contributed by atoms with Crippen molar-refractivity contribution in [1.29, 1.82) is 0 Å². The zero-order valence-corrected chi connectivity index (χ0v) is 12.7. The second kappa shape index (κ2) is 6.16. The van der Waals surface area contributed by atoms with Crippen LogP contribution >= 0.6 is 11.8 Å². The Balaban J connectivity index is 1.71. The van der Waals surface area contributed by atoms with Crippen LogP contribution in [-0.4, -0.2) is 36.5 Å². The van der Waals surface area contributed by atoms with Gasteiger partial charge < -0.3 is 5.32 Å². The van der Waals surface area contributed by atoms with Crippen molar-refractivity contribution in [1.82, 2.24) is 24.8 Å². The van der Waals surface area contributed by atoms with Gasteiger partial charge in [0.05, 0.1) is 11.4 Å². The summed E-state index contributed by atoms with van der Waals surface area (Å²) in [5.74, 6) is -0.709. The van der Waals surface area contributed by atoms with E-state index in [-0.39, 0.29) is 28.5 Å². The summed E-state index contributed by atoms with van der Waals surface area (Å²) in [5, 5.41) is 14.5. The highest BCUT2D eigenvalue weighted by Gasteiger charge is 2.13. The van der Waals surface area contributed by atoms with Crippen LogP contribution in [0.25, 0.3) is 5.78 Å². The Hall–Kier alpha value is -2.75. The van der Waals surface area contributed by atoms with Crippen molar-refractivity contribution in [2.45, 2.75) is 12.1 Å². The van der Waals surface area contributed by atoms with Gasteiger partial charge in [0.15, 0.2) is 0 Å². The summed E-state index contributed by atoms with van der Waals surface area (Å²) >= 11 is 1.07. The second-order valence-corrected chi connectivity index (χ2v) is 5.52. The molecule has 23 heavy (non-hydrogen) atoms. The molecule has 0 saturated heterocycles. The number of aromatic nitrogens is 5. The number of benzene rings is 1. The van der Waals surface area contributed by atoms with E-state index in [2.05, 4.69) is 25.6 Å². The Morgan fingerprint density at radius 1 is 1.39 bits per heavy atom. The monoisotopic (exact) mass is 334 g/mol. The molecule has 0 aliphatic rings. The summed E-state index contributed by atoms with van der Waals surface area (Å²) in [6, 6.07) is 5.90. The fraction of sp³-hybridized carbons (Fsp3) is 0.154. The van der Waals surface area contributed by atoms with Crippen molar-refractivity contribution >= 4 is 29.1 Å². The lowest BCUT2D eigenvalue weighted by molar-refractivity contribution is -0.113. The van der Waals surface area contributed by atoms with E-state index in [1.807, 2.05) is 0 Å². The van der Waals surface area contributed by atoms with Crippen LogP contribution in [0.2, 0.25) is 0 Å². The highest BCUT2D eigenvalue weighted by molar-refractivity contribution is 7.99. The molecule has 0 saturated carbocycles. The van der Waals surface area contributed by atoms with Gasteiger partial charge in [-0.25, -0.2) is 4.39 Å². The number of hydrogen-bond acceptors (Lipinski definition) is 6. The van der Waals surface area contributed by atoms with Gasteiger partial charge in [0, 0.05) is 0 Å². The van der Waals surface area contributed by atoms with Crippen LogP contribution in [0.3, 0.4) is 0 Å². The Kier molecular flexibility index (Phi) is 4.06. The molecule has 118 valence electrons. The van der Waals surface area contributed by atoms with Gasteiger partial charge in [-0.15, -0.1) is 10.2 Å². The van der Waals surface area contributed by atoms with Crippen LogP contribution < -0.4 is 10.9 Å². The Labute approximate surface area is 133 Å². The molecule has 10 heteroatoms. The minimum Gasteiger partial charge on any atom is -0.323 e. The van der Waals surface area contributed by atoms with Crippen molar-refractivity contribution in [2.75, 3.05) is 11.1 Å². The van der Waals surface area contributed by atoms with Crippen molar-refractivity contribution in [3.8, 4) is 0 Å². The number of nitrogens with zero attached hydrogens (tertiary/aromatic N) is 4. The van der Waals surface area contributed by atoms with Gasteiger partial charge in [-0.05, 0) is 19.1 Å². The Bertz CT molecular complexity index is 938. The lowest BCUT2D eigenvalue weighted by atomic mass is 10.3. The first kappa shape index (κ1) is 15.2. The summed E-state index contributed by atoms with van der Waals surface area (Å²) in [5.41, 5.74) is 0.0243. The van der Waals surface area contributed by atoms with Crippen LogP contribution in [-0.2, 0) is 4.79 Å². The number of carbonyl (C=O) groups excluding carboxylic acids is 1. The van der Waals surface area contributed by atoms with Crippen molar-refractivity contribution < 1.29 is 9.18 Å². The molecule has 2 heterocycles. The maximum absolute atomic E-state index is 13.5. The van der Waals surface area contributed by atoms with Crippen LogP contribution in [0.15, 0.2) is 34.2 Å². The number of aryl methyl sites for hydroxylation is 1. The summed E-state index contributed by atoms with van der Waals surface area (Å²) in [4.78, 5) is 25.8. The van der Waals surface area contributed by atoms with Gasteiger partial charge in [0.1, 0.15) is 11.5 Å². The van der Waals surface area contributed by atoms with E-state index in [4.69, 9.17) is 0 Å². The van der Waals surface area contributed by atoms with Crippen molar-refractivity contribution in [3.63, 3.8) is 0 Å². The summed E-state index contributed by atoms with van der Waals surface area (Å²) < 4.78 is 14.8. The number of carbonyl (C=O) groups is 1. The largest absolute Gasteiger partial charge is 0.323 e. The average molecular weight is 334 g/mol. The molecule has 0 fully saturated rings. The molecule has 0 aliphatic heterocycles. The van der Waals surface area contributed by atoms with Gasteiger partial charge in [-0.2, -0.15) is 9.61 Å². The molecule has 0 spiro atoms. The Morgan fingerprint density at radius 3 is 2.96 bits per heavy atom. The normalized spacial score (nSPS) is 10.9. The highest BCUT2D eigenvalue weighted by atomic mass is 32.2. The molecule has 3 rings (SSSR count). The molecule has 0 radical (unpaired) electrons. The van der Waals surface area contributed by atoms with E-state index in [1.54, 1.807) is 13.0 Å². The number of fused-ring (bicyclic) bond motifs is 1. The van der Waals surface area contributed by atoms with Gasteiger partial charge in [0.2, 0.25) is 11.1 Å². The third-order valence-electron chi connectivity index (χ3n) is 2.90. The first-order chi connectivity index (χ1) is 11.0. The van der Waals surface area contributed by atoms with Crippen LogP contribution in [0.4, 0.5) is 10.1 Å². The summed E-state index contributed by atoms with van der Waals surface area (Å²) in [7, 11) is 0. The van der Waals surface area contributed by atoms with E-state index in [0.717, 1.165) is 11.8 Å². The fourth-order valence-corrected chi connectivity index (χ4v) is 2.47. The standard InChI is InChI=1S/C13H11FN6O2S/c1-7-11(22)16-12-17-18-13(20(12)19-7)23-6-10(21)15-9-5-3-2-4-8(9)14/h2-5H,6H2,1H3,(H,15,21)(H,16,17,22). The molecule has 2 N–H and O–H groups in total. The van der Waals surface area contributed by atoms with Crippen LogP contribution in [0.1, 0.15) is 5.69 Å². The van der Waals surface area contributed by atoms with E-state index < -0.39 is 11.7 Å². The molecular weight excluding hydrogens is 323 g/mol. The van der Waals surface area contributed by atoms with Crippen molar-refractivity contribution in [2.24, 2.45) is 0 Å². The van der Waals surface area contributed by atoms with E-state index in [0.29, 0.717) is 5.16 Å². The number of thioether (sulfide) groups is 1. The average Bonchev–Trinajstić information content (AvgIpc) is 2.90. The number of para-hydroxylation sites is 1. The number of aromatic amines is 1. The van der Waals surface area contributed by atoms with Crippen LogP contribution in [0.5, 0.6) is 0 Å². The summed E-state index contributed by atoms with van der Waals surface area (Å²) in [6.07, 6.45) is 0. The first-order valence-corrected chi connectivity index (χ1v) is 7.52. The molecule has 0 atom stereocenters. The topological polar surface area (TPSA) is 105 Å². The van der Waals surface area contributed by atoms with E-state index in [9.17, 15) is 14.0 Å². The molecule has 0 unspecified atom stereocenters. The lowest BCUT2D eigenvalue weighted by Crippen LogP contribution is -2.17. The number of anilines is 1. The molecule has 0 aliphatic carbocycles. The van der Waals surface area contributed by atoms with Gasteiger partial charge in [0.25, 0.3) is 11.3 Å². The molecule has 8 nitrogen and oxygen atoms in total. The number of rotatable bonds is 4. The van der Waals surface area contributed by atoms with Gasteiger partial charge >= 0.3 is 0 Å². The third-order valence-corrected chi connectivity index (χ3v) is 3.82. The van der Waals surface area contributed by atoms with Crippen molar-refractivity contribution in [3.05, 3.63) is 46.1 Å². The quantitative estimate of drug-likeness (QED) is 0.690. The SMILES string of the molecule is Cc1nn2c(SCC(=O)Nc3ccccc3F)nnc2[nH]c1=O. The lowest BCUT2D eigenvalue weighted by Gasteiger charge is -2.05. The predicted octanol–water partition coefficient (Wildman–Crippen LogP) is 0.991. The van der Waals surface area contributed by atoms with Gasteiger partial charge in [-0.3, -0.25) is 14.6 Å². The predicted molar refractivity (Wildman–Crippen MR) is 81.9 cm³/mol. The molecule has 2 aromatic heterocycles. The number of H-pyrrole nitrogens is 1. The summed E-state index contributed by atoms with van der Waals surface area (Å²) in [6.45, 7) is 1.55. The van der Waals surface area contributed by atoms with E-state index >= 15 is 0 Å². The molecule has 1 aromatic carbocycles. The van der Waals surface area contributed by atoms with Gasteiger partial charge in [-0.1, -0.05) is 23.9 Å². The third kappa shape index (κ3) is 3.21. The number of amides is 1. The number of hydrogen-bond donors (Lipinski definition) is 2. The number of halogens is 1. The zero-order valence-electron chi connectivity index (χ0n) is 11.9.